The van der Waals surface area contributed by atoms with Crippen LogP contribution in [0.4, 0.5) is 0 Å². The van der Waals surface area contributed by atoms with Crippen LogP contribution >= 0.6 is 0 Å². The molecule has 0 aliphatic heterocycles. The number of fused-ring (bicyclic) bond motifs is 7. The fourth-order valence-corrected chi connectivity index (χ4v) is 11.1. The maximum absolute atomic E-state index is 13.4. The highest BCUT2D eigenvalue weighted by Crippen LogP contribution is 2.76. The van der Waals surface area contributed by atoms with Gasteiger partial charge in [-0.05, 0) is 85.9 Å². The number of rotatable bonds is 1. The van der Waals surface area contributed by atoms with E-state index in [2.05, 4.69) is 33.8 Å². The second kappa shape index (κ2) is 8.05. The quantitative estimate of drug-likeness (QED) is 0.306. The Kier molecular flexibility index (Phi) is 6.01. The summed E-state index contributed by atoms with van der Waals surface area (Å²) >= 11 is 0. The average Bonchev–Trinajstić information content (AvgIpc) is 2.84. The lowest BCUT2D eigenvalue weighted by molar-refractivity contribution is -0.280. The van der Waals surface area contributed by atoms with Crippen LogP contribution in [-0.2, 0) is 9.53 Å². The van der Waals surface area contributed by atoms with Crippen LogP contribution in [0.5, 0.6) is 0 Å². The molecule has 0 aromatic carbocycles. The Labute approximate surface area is 222 Å². The maximum atomic E-state index is 13.4. The summed E-state index contributed by atoms with van der Waals surface area (Å²) in [5.41, 5.74) is -2.09. The molecule has 4 saturated carbocycles. The molecule has 4 N–H and O–H groups in total. The van der Waals surface area contributed by atoms with E-state index in [1.807, 2.05) is 20.8 Å². The molecule has 0 saturated heterocycles. The van der Waals surface area contributed by atoms with Gasteiger partial charge in [-0.15, -0.1) is 0 Å². The lowest BCUT2D eigenvalue weighted by Crippen LogP contribution is -2.72. The van der Waals surface area contributed by atoms with E-state index >= 15 is 0 Å². The molecule has 0 radical (unpaired) electrons. The maximum Gasteiger partial charge on any atom is 0.312 e. The molecule has 0 bridgehead atoms. The van der Waals surface area contributed by atoms with E-state index in [1.165, 1.54) is 12.7 Å². The predicted molar refractivity (Wildman–Crippen MR) is 141 cm³/mol. The number of aliphatic hydroxyl groups is 4. The first-order chi connectivity index (χ1) is 17.0. The summed E-state index contributed by atoms with van der Waals surface area (Å²) in [5, 5.41) is 45.6. The van der Waals surface area contributed by atoms with Crippen LogP contribution in [0, 0.1) is 50.7 Å². The van der Waals surface area contributed by atoms with E-state index in [9.17, 15) is 25.2 Å². The van der Waals surface area contributed by atoms with E-state index in [0.29, 0.717) is 6.42 Å². The molecule has 0 aromatic rings. The zero-order chi connectivity index (χ0) is 27.6. The number of methoxy groups -OCH3 is 1. The van der Waals surface area contributed by atoms with E-state index < -0.39 is 40.2 Å². The van der Waals surface area contributed by atoms with Crippen molar-refractivity contribution in [2.75, 3.05) is 7.11 Å². The van der Waals surface area contributed by atoms with Crippen molar-refractivity contribution in [3.8, 4) is 0 Å². The van der Waals surface area contributed by atoms with Gasteiger partial charge < -0.3 is 25.2 Å². The van der Waals surface area contributed by atoms with E-state index in [-0.39, 0.29) is 40.5 Å². The van der Waals surface area contributed by atoms with Crippen LogP contribution < -0.4 is 0 Å². The van der Waals surface area contributed by atoms with Crippen molar-refractivity contribution >= 4 is 5.97 Å². The third kappa shape index (κ3) is 3.05. The van der Waals surface area contributed by atoms with Crippen LogP contribution in [0.1, 0.15) is 93.4 Å². The molecule has 210 valence electrons. The van der Waals surface area contributed by atoms with Gasteiger partial charge in [-0.3, -0.25) is 4.79 Å². The topological polar surface area (TPSA) is 107 Å². The van der Waals surface area contributed by atoms with Gasteiger partial charge in [0, 0.05) is 11.3 Å². The predicted octanol–water partition coefficient (Wildman–Crippen LogP) is 4.23. The smallest absolute Gasteiger partial charge is 0.312 e. The van der Waals surface area contributed by atoms with Crippen molar-refractivity contribution in [1.29, 1.82) is 0 Å². The first-order valence-corrected chi connectivity index (χ1v) is 14.5. The standard InChI is InChI=1S/C31H50O6/c1-17-11-14-31(25(35)37-8)16-15-27(4)18(22(31)30(17,7)36)9-10-20-28(27,5)13-12-19-26(2,3)23(33)21(32)24(34)29(19,20)6/h9,17,19-24,32-34,36H,10-16H2,1-8H3/t17-,19?,20?,21-,22?,23?,24-,27-,28-,29+,30-,31+/m1/s1. The Bertz CT molecular complexity index is 1000. The summed E-state index contributed by atoms with van der Waals surface area (Å²) in [7, 11) is 1.47. The number of carbonyl (C=O) groups excluding carboxylic acids is 1. The largest absolute Gasteiger partial charge is 0.469 e. The zero-order valence-corrected chi connectivity index (χ0v) is 24.2. The molecule has 6 heteroatoms. The van der Waals surface area contributed by atoms with Crippen LogP contribution in [-0.4, -0.2) is 57.4 Å². The van der Waals surface area contributed by atoms with Crippen molar-refractivity contribution < 1.29 is 30.0 Å². The molecule has 0 aromatic heterocycles. The van der Waals surface area contributed by atoms with Gasteiger partial charge in [-0.25, -0.2) is 0 Å². The molecule has 0 heterocycles. The molecule has 0 spiro atoms. The molecule has 5 aliphatic rings. The minimum Gasteiger partial charge on any atom is -0.469 e. The van der Waals surface area contributed by atoms with Gasteiger partial charge in [0.25, 0.3) is 0 Å². The summed E-state index contributed by atoms with van der Waals surface area (Å²) in [5.74, 6) is -0.272. The van der Waals surface area contributed by atoms with E-state index in [4.69, 9.17) is 4.74 Å². The minimum atomic E-state index is -1.19. The Morgan fingerprint density at radius 1 is 0.919 bits per heavy atom. The molecule has 37 heavy (non-hydrogen) atoms. The normalized spacial score (nSPS) is 56.6. The van der Waals surface area contributed by atoms with Crippen LogP contribution in [0.15, 0.2) is 11.6 Å². The molecule has 0 amide bonds. The third-order valence-corrected chi connectivity index (χ3v) is 13.8. The number of esters is 1. The van der Waals surface area contributed by atoms with Gasteiger partial charge in [0.05, 0.1) is 30.3 Å². The first-order valence-electron chi connectivity index (χ1n) is 14.5. The molecule has 6 nitrogen and oxygen atoms in total. The highest BCUT2D eigenvalue weighted by atomic mass is 16.5. The Morgan fingerprint density at radius 2 is 1.57 bits per heavy atom. The van der Waals surface area contributed by atoms with Crippen molar-refractivity contribution in [2.24, 2.45) is 50.7 Å². The fraction of sp³-hybridized carbons (Fsp3) is 0.903. The van der Waals surface area contributed by atoms with Gasteiger partial charge in [-0.1, -0.05) is 53.2 Å². The SMILES string of the molecule is COC(=O)[C@]12CC[C@@H](C)[C@@](C)(O)C1C1=CCC3[C@]4(C)C(CC[C@@]3(C)[C@]1(C)CC2)C(C)(C)C(O)[C@@H](O)[C@H]4O. The van der Waals surface area contributed by atoms with Gasteiger partial charge in [-0.2, -0.15) is 0 Å². The monoisotopic (exact) mass is 518 g/mol. The molecule has 5 aliphatic carbocycles. The number of hydrogen-bond donors (Lipinski definition) is 4. The number of ether oxygens (including phenoxy) is 1. The second-order valence-electron chi connectivity index (χ2n) is 15.1. The van der Waals surface area contributed by atoms with Gasteiger partial charge in [0.2, 0.25) is 0 Å². The average molecular weight is 519 g/mol. The van der Waals surface area contributed by atoms with Crippen molar-refractivity contribution in [3.63, 3.8) is 0 Å². The summed E-state index contributed by atoms with van der Waals surface area (Å²) in [6, 6.07) is 0. The van der Waals surface area contributed by atoms with Gasteiger partial charge in [0.1, 0.15) is 6.10 Å². The Balaban J connectivity index is 1.67. The second-order valence-corrected chi connectivity index (χ2v) is 15.1. The zero-order valence-electron chi connectivity index (χ0n) is 24.2. The number of carbonyl (C=O) groups is 1. The molecule has 4 fully saturated rings. The number of aliphatic hydroxyl groups excluding tert-OH is 3. The van der Waals surface area contributed by atoms with Gasteiger partial charge in [0.15, 0.2) is 0 Å². The highest BCUT2D eigenvalue weighted by Gasteiger charge is 2.73. The van der Waals surface area contributed by atoms with Crippen LogP contribution in [0.3, 0.4) is 0 Å². The van der Waals surface area contributed by atoms with Gasteiger partial charge >= 0.3 is 5.97 Å². The lowest BCUT2D eigenvalue weighted by Gasteiger charge is -2.72. The van der Waals surface area contributed by atoms with Crippen LogP contribution in [0.2, 0.25) is 0 Å². The summed E-state index contributed by atoms with van der Waals surface area (Å²) in [4.78, 5) is 13.4. The Morgan fingerprint density at radius 3 is 2.19 bits per heavy atom. The van der Waals surface area contributed by atoms with Crippen LogP contribution in [0.25, 0.3) is 0 Å². The minimum absolute atomic E-state index is 0.0647. The highest BCUT2D eigenvalue weighted by molar-refractivity contribution is 5.79. The number of allylic oxidation sites excluding steroid dienone is 1. The molecule has 12 atom stereocenters. The van der Waals surface area contributed by atoms with E-state index in [0.717, 1.165) is 38.5 Å². The summed E-state index contributed by atoms with van der Waals surface area (Å²) < 4.78 is 5.41. The number of hydrogen-bond acceptors (Lipinski definition) is 6. The third-order valence-electron chi connectivity index (χ3n) is 13.8. The molecule has 5 rings (SSSR count). The van der Waals surface area contributed by atoms with E-state index in [1.54, 1.807) is 0 Å². The Hall–Kier alpha value is -0.950. The van der Waals surface area contributed by atoms with Crippen molar-refractivity contribution in [3.05, 3.63) is 11.6 Å². The van der Waals surface area contributed by atoms with Crippen molar-refractivity contribution in [1.82, 2.24) is 0 Å². The molecular formula is C31H50O6. The first kappa shape index (κ1) is 27.6. The molecule has 4 unspecified atom stereocenters. The summed E-state index contributed by atoms with van der Waals surface area (Å²) in [6.45, 7) is 14.9. The lowest BCUT2D eigenvalue weighted by atomic mass is 9.32. The van der Waals surface area contributed by atoms with Crippen molar-refractivity contribution in [2.45, 2.75) is 117 Å². The molecular weight excluding hydrogens is 468 g/mol. The fourth-order valence-electron chi connectivity index (χ4n) is 11.1. The summed E-state index contributed by atoms with van der Waals surface area (Å²) in [6.07, 6.45) is 4.69.